The zero-order chi connectivity index (χ0) is 13.4. The third-order valence-electron chi connectivity index (χ3n) is 2.67. The smallest absolute Gasteiger partial charge is 0.310 e. The van der Waals surface area contributed by atoms with Crippen molar-refractivity contribution in [2.75, 3.05) is 5.73 Å². The molecule has 0 bridgehead atoms. The van der Waals surface area contributed by atoms with Gasteiger partial charge in [-0.1, -0.05) is 23.5 Å². The molecule has 3 rings (SSSR count). The Hall–Kier alpha value is -1.99. The first-order valence-corrected chi connectivity index (χ1v) is 7.11. The highest BCUT2D eigenvalue weighted by molar-refractivity contribution is 7.16. The van der Waals surface area contributed by atoms with Gasteiger partial charge in [-0.25, -0.2) is 4.98 Å². The molecule has 19 heavy (non-hydrogen) atoms. The molecular weight excluding hydrogens is 282 g/mol. The van der Waals surface area contributed by atoms with Crippen LogP contribution in [0.4, 0.5) is 5.13 Å². The Labute approximate surface area is 115 Å². The van der Waals surface area contributed by atoms with Crippen molar-refractivity contribution in [1.29, 1.82) is 0 Å². The zero-order valence-electron chi connectivity index (χ0n) is 9.70. The van der Waals surface area contributed by atoms with E-state index < -0.39 is 0 Å². The summed E-state index contributed by atoms with van der Waals surface area (Å²) in [5.74, 6) is 0. The Morgan fingerprint density at radius 2 is 2.00 bits per heavy atom. The van der Waals surface area contributed by atoms with Crippen LogP contribution in [0.3, 0.4) is 0 Å². The van der Waals surface area contributed by atoms with E-state index in [1.807, 2.05) is 6.07 Å². The van der Waals surface area contributed by atoms with Gasteiger partial charge < -0.3 is 5.73 Å². The molecule has 0 aliphatic heterocycles. The predicted molar refractivity (Wildman–Crippen MR) is 78.0 cm³/mol. The number of hydrogen-bond acceptors (Lipinski definition) is 6. The van der Waals surface area contributed by atoms with Crippen molar-refractivity contribution in [2.24, 2.45) is 0 Å². The van der Waals surface area contributed by atoms with Crippen LogP contribution >= 0.6 is 22.7 Å². The molecule has 96 valence electrons. The lowest BCUT2D eigenvalue weighted by molar-refractivity contribution is 0.761. The van der Waals surface area contributed by atoms with E-state index in [0.717, 1.165) is 16.2 Å². The molecule has 0 aliphatic rings. The fraction of sp³-hybridized carbons (Fsp3) is 0.0833. The third kappa shape index (κ3) is 2.18. The Balaban J connectivity index is 2.18. The van der Waals surface area contributed by atoms with Crippen LogP contribution in [-0.4, -0.2) is 9.55 Å². The summed E-state index contributed by atoms with van der Waals surface area (Å²) in [6.07, 6.45) is 1.59. The first-order valence-electron chi connectivity index (χ1n) is 5.48. The zero-order valence-corrected chi connectivity index (χ0v) is 11.3. The van der Waals surface area contributed by atoms with E-state index in [9.17, 15) is 9.59 Å². The topological polar surface area (TPSA) is 78.0 Å². The number of nitrogens with two attached hydrogens (primary N) is 1. The third-order valence-corrected chi connectivity index (χ3v) is 4.45. The predicted octanol–water partition coefficient (Wildman–Crippen LogP) is 1.51. The molecule has 0 radical (unpaired) electrons. The normalized spacial score (nSPS) is 10.9. The molecule has 5 nitrogen and oxygen atoms in total. The molecule has 1 aromatic carbocycles. The Morgan fingerprint density at radius 1 is 1.21 bits per heavy atom. The SMILES string of the molecule is Nc1ncc(Cn2c(=O)sc3ccccc3c2=O)s1. The van der Waals surface area contributed by atoms with Gasteiger partial charge in [-0.3, -0.25) is 14.2 Å². The molecule has 0 fully saturated rings. The molecule has 0 saturated carbocycles. The highest BCUT2D eigenvalue weighted by Gasteiger charge is 2.09. The second-order valence-corrected chi connectivity index (χ2v) is 6.06. The maximum absolute atomic E-state index is 12.3. The van der Waals surface area contributed by atoms with E-state index >= 15 is 0 Å². The first-order chi connectivity index (χ1) is 9.15. The molecule has 2 heterocycles. The molecule has 0 spiro atoms. The largest absolute Gasteiger partial charge is 0.375 e. The molecule has 0 amide bonds. The highest BCUT2D eigenvalue weighted by atomic mass is 32.1. The van der Waals surface area contributed by atoms with Crippen LogP contribution < -0.4 is 16.2 Å². The van der Waals surface area contributed by atoms with E-state index in [4.69, 9.17) is 5.73 Å². The second kappa shape index (κ2) is 4.60. The van der Waals surface area contributed by atoms with Crippen LogP contribution in [0.2, 0.25) is 0 Å². The highest BCUT2D eigenvalue weighted by Crippen LogP contribution is 2.16. The van der Waals surface area contributed by atoms with Crippen molar-refractivity contribution in [1.82, 2.24) is 9.55 Å². The summed E-state index contributed by atoms with van der Waals surface area (Å²) in [4.78, 5) is 28.7. The number of nitrogen functional groups attached to an aromatic ring is 1. The van der Waals surface area contributed by atoms with Crippen molar-refractivity contribution in [3.63, 3.8) is 0 Å². The van der Waals surface area contributed by atoms with Crippen LogP contribution in [0.5, 0.6) is 0 Å². The fourth-order valence-electron chi connectivity index (χ4n) is 1.80. The van der Waals surface area contributed by atoms with Gasteiger partial charge in [0.2, 0.25) is 0 Å². The van der Waals surface area contributed by atoms with Crippen molar-refractivity contribution < 1.29 is 0 Å². The minimum Gasteiger partial charge on any atom is -0.375 e. The van der Waals surface area contributed by atoms with E-state index in [1.54, 1.807) is 24.4 Å². The molecule has 0 aliphatic carbocycles. The lowest BCUT2D eigenvalue weighted by Gasteiger charge is -2.03. The number of benzene rings is 1. The van der Waals surface area contributed by atoms with Crippen LogP contribution in [0.1, 0.15) is 4.88 Å². The van der Waals surface area contributed by atoms with Crippen LogP contribution in [0.25, 0.3) is 10.1 Å². The maximum Gasteiger partial charge on any atom is 0.310 e. The minimum absolute atomic E-state index is 0.216. The van der Waals surface area contributed by atoms with Crippen LogP contribution in [0.15, 0.2) is 40.1 Å². The monoisotopic (exact) mass is 291 g/mol. The standard InChI is InChI=1S/C12H9N3O2S2/c13-11-14-5-7(18-11)6-15-10(16)8-3-1-2-4-9(8)19-12(15)17/h1-5H,6H2,(H2,13,14). The summed E-state index contributed by atoms with van der Waals surface area (Å²) >= 11 is 2.35. The summed E-state index contributed by atoms with van der Waals surface area (Å²) in [5, 5.41) is 0.990. The van der Waals surface area contributed by atoms with Crippen LogP contribution in [-0.2, 0) is 6.54 Å². The lowest BCUT2D eigenvalue weighted by Crippen LogP contribution is -2.31. The summed E-state index contributed by atoms with van der Waals surface area (Å²) in [6, 6.07) is 7.10. The Kier molecular flexibility index (Phi) is 2.92. The Morgan fingerprint density at radius 3 is 2.74 bits per heavy atom. The number of nitrogens with zero attached hydrogens (tertiary/aromatic N) is 2. The molecule has 0 saturated heterocycles. The molecule has 3 aromatic rings. The summed E-state index contributed by atoms with van der Waals surface area (Å²) in [7, 11) is 0. The van der Waals surface area contributed by atoms with Crippen LogP contribution in [0, 0.1) is 0 Å². The maximum atomic E-state index is 12.3. The lowest BCUT2D eigenvalue weighted by atomic mass is 10.3. The van der Waals surface area contributed by atoms with Gasteiger partial charge in [-0.05, 0) is 12.1 Å². The van der Waals surface area contributed by atoms with E-state index in [-0.39, 0.29) is 17.0 Å². The second-order valence-electron chi connectivity index (χ2n) is 3.92. The minimum atomic E-state index is -0.272. The van der Waals surface area contributed by atoms with Gasteiger partial charge in [0.25, 0.3) is 5.56 Å². The van der Waals surface area contributed by atoms with Gasteiger partial charge >= 0.3 is 4.87 Å². The molecule has 2 N–H and O–H groups in total. The van der Waals surface area contributed by atoms with Gasteiger partial charge in [0.1, 0.15) is 0 Å². The molecule has 0 unspecified atom stereocenters. The van der Waals surface area contributed by atoms with E-state index in [2.05, 4.69) is 4.98 Å². The van der Waals surface area contributed by atoms with Crippen molar-refractivity contribution in [3.05, 3.63) is 55.4 Å². The fourth-order valence-corrected chi connectivity index (χ4v) is 3.33. The summed E-state index contributed by atoms with van der Waals surface area (Å²) < 4.78 is 1.93. The number of hydrogen-bond donors (Lipinski definition) is 1. The van der Waals surface area contributed by atoms with Crippen molar-refractivity contribution in [2.45, 2.75) is 6.54 Å². The molecular formula is C12H9N3O2S2. The number of fused-ring (bicyclic) bond motifs is 1. The summed E-state index contributed by atoms with van der Waals surface area (Å²) in [5.41, 5.74) is 5.27. The van der Waals surface area contributed by atoms with Crippen molar-refractivity contribution >= 4 is 37.9 Å². The van der Waals surface area contributed by atoms with Crippen molar-refractivity contribution in [3.8, 4) is 0 Å². The average Bonchev–Trinajstić information content (AvgIpc) is 2.80. The molecule has 7 heteroatoms. The quantitative estimate of drug-likeness (QED) is 0.776. The molecule has 2 aromatic heterocycles. The Bertz CT molecular complexity index is 863. The van der Waals surface area contributed by atoms with Gasteiger partial charge in [0, 0.05) is 15.8 Å². The number of rotatable bonds is 2. The van der Waals surface area contributed by atoms with Gasteiger partial charge in [0.15, 0.2) is 5.13 Å². The van der Waals surface area contributed by atoms with Gasteiger partial charge in [-0.2, -0.15) is 0 Å². The molecule has 0 atom stereocenters. The van der Waals surface area contributed by atoms with E-state index in [0.29, 0.717) is 15.2 Å². The number of thiazole rings is 1. The average molecular weight is 291 g/mol. The summed E-state index contributed by atoms with van der Waals surface area (Å²) in [6.45, 7) is 0.216. The van der Waals surface area contributed by atoms with E-state index in [1.165, 1.54) is 15.9 Å². The first kappa shape index (κ1) is 12.1. The van der Waals surface area contributed by atoms with Gasteiger partial charge in [0.05, 0.1) is 11.9 Å². The van der Waals surface area contributed by atoms with Gasteiger partial charge in [-0.15, -0.1) is 11.3 Å². The number of aromatic nitrogens is 2. The number of anilines is 1.